The molecule has 14 nitrogen and oxygen atoms in total. The van der Waals surface area contributed by atoms with Crippen molar-refractivity contribution in [2.45, 2.75) is 108 Å². The molecule has 1 saturated heterocycles. The van der Waals surface area contributed by atoms with E-state index in [-0.39, 0.29) is 124 Å². The second-order valence-electron chi connectivity index (χ2n) is 16.2. The molecule has 3 aliphatic carbocycles. The molecule has 0 aromatic heterocycles. The smallest absolute Gasteiger partial charge is 0.350 e. The minimum Gasteiger partial charge on any atom is -0.481 e. The Hall–Kier alpha value is -1.59. The fourth-order valence-corrected chi connectivity index (χ4v) is 9.79. The van der Waals surface area contributed by atoms with Gasteiger partial charge in [0.25, 0.3) is 5.91 Å². The molecule has 6 rings (SSSR count). The molecule has 0 spiro atoms. The molecule has 2 radical (unpaired) electrons. The van der Waals surface area contributed by atoms with Crippen LogP contribution in [0.1, 0.15) is 82.3 Å². The summed E-state index contributed by atoms with van der Waals surface area (Å²) < 4.78 is 17.4. The Morgan fingerprint density at radius 1 is 0.947 bits per heavy atom. The van der Waals surface area contributed by atoms with E-state index < -0.39 is 113 Å². The number of ether oxygens (including phenoxy) is 3. The van der Waals surface area contributed by atoms with Crippen LogP contribution in [0.3, 0.4) is 0 Å². The van der Waals surface area contributed by atoms with Crippen molar-refractivity contribution in [1.82, 2.24) is 5.32 Å². The van der Waals surface area contributed by atoms with E-state index in [0.717, 1.165) is 0 Å². The summed E-state index contributed by atoms with van der Waals surface area (Å²) in [6.07, 6.45) is -8.75. The first-order chi connectivity index (χ1) is 25.8. The van der Waals surface area contributed by atoms with Gasteiger partial charge in [-0.1, -0.05) is 69.3 Å². The Kier molecular flexibility index (Phi) is 15.3. The number of esters is 2. The number of hydrogen-bond acceptors (Lipinski definition) is 12. The minimum absolute atomic E-state index is 0. The van der Waals surface area contributed by atoms with E-state index in [1.54, 1.807) is 88.4 Å². The monoisotopic (exact) mass is 1220 g/mol. The van der Waals surface area contributed by atoms with Crippen molar-refractivity contribution in [2.24, 2.45) is 22.7 Å². The van der Waals surface area contributed by atoms with Gasteiger partial charge in [-0.3, -0.25) is 19.2 Å². The number of ketones is 1. The predicted octanol–water partition coefficient (Wildman–Crippen LogP) is 2.42. The Morgan fingerprint density at radius 2 is 1.54 bits per heavy atom. The van der Waals surface area contributed by atoms with Gasteiger partial charge in [-0.05, 0) is 48.6 Å². The summed E-state index contributed by atoms with van der Waals surface area (Å²) in [5.41, 5.74) is -5.64. The van der Waals surface area contributed by atoms with Gasteiger partial charge in [0.15, 0.2) is 5.78 Å². The number of carboxylic acid groups (broad SMARTS) is 1. The fraction of sp³-hybridized carbons (Fsp3) is 0.537. The van der Waals surface area contributed by atoms with Crippen LogP contribution in [0.2, 0.25) is 0 Å². The van der Waals surface area contributed by atoms with Crippen molar-refractivity contribution in [3.8, 4) is 0 Å². The van der Waals surface area contributed by atoms with Crippen LogP contribution in [0, 0.1) is 111 Å². The van der Waals surface area contributed by atoms with E-state index in [9.17, 15) is 49.5 Å². The third-order valence-corrected chi connectivity index (χ3v) is 12.9. The third-order valence-electron chi connectivity index (χ3n) is 12.9. The van der Waals surface area contributed by atoms with Gasteiger partial charge < -0.3 is 45.1 Å². The van der Waals surface area contributed by atoms with Gasteiger partial charge in [0, 0.05) is 118 Å². The van der Waals surface area contributed by atoms with E-state index in [4.69, 9.17) is 14.2 Å². The van der Waals surface area contributed by atoms with Gasteiger partial charge in [0.2, 0.25) is 6.10 Å². The first kappa shape index (κ1) is 48.1. The Balaban J connectivity index is 0.00000360. The molecule has 4 aliphatic rings. The molecule has 2 aromatic rings. The van der Waals surface area contributed by atoms with Gasteiger partial charge in [-0.2, -0.15) is 0 Å². The second kappa shape index (κ2) is 18.2. The van der Waals surface area contributed by atoms with Gasteiger partial charge in [0.1, 0.15) is 23.9 Å². The summed E-state index contributed by atoms with van der Waals surface area (Å²) in [6, 6.07) is 14.9. The van der Waals surface area contributed by atoms with Gasteiger partial charge in [0.05, 0.1) is 42.7 Å². The number of hydrogen-bond donors (Lipinski definition) is 6. The molecule has 2 saturated carbocycles. The number of rotatable bonds is 10. The molecule has 3 fully saturated rings. The molecule has 2 bridgehead atoms. The number of amides is 1. The summed E-state index contributed by atoms with van der Waals surface area (Å²) in [5.74, 6) is -6.92. The van der Waals surface area contributed by atoms with Crippen molar-refractivity contribution in [1.29, 1.82) is 0 Å². The molecule has 57 heavy (non-hydrogen) atoms. The maximum atomic E-state index is 14.5. The van der Waals surface area contributed by atoms with Crippen LogP contribution in [0.5, 0.6) is 0 Å². The van der Waals surface area contributed by atoms with Crippen molar-refractivity contribution < 1.29 is 152 Å². The van der Waals surface area contributed by atoms with Crippen LogP contribution >= 0.6 is 0 Å². The largest absolute Gasteiger partial charge is 0.481 e. The van der Waals surface area contributed by atoms with Gasteiger partial charge in [-0.25, -0.2) is 4.79 Å². The van der Waals surface area contributed by atoms with Crippen molar-refractivity contribution in [2.75, 3.05) is 6.61 Å². The van der Waals surface area contributed by atoms with E-state index >= 15 is 0 Å². The number of carbonyl (C=O) groups excluding carboxylic acids is 4. The molecule has 1 heterocycles. The Bertz CT molecular complexity index is 1890. The standard InChI is InChI=1S/C41H49NO13.2Ac/c1-21-25(19-41(52)22(2)34-39(5,26(43)18-27-40(34,51)20-53-27)35(48)32(47)30(21)38(41,3)4)54-37(50)33(55-29(46)17-16-28(44)45)31(23-12-8-6-9-13-23)42-36(49)24-14-10-7-11-15-24;;/h6-15,22,25-27,31-34,43,47,51-52H,16-20H2,1-5H3,(H,42,49)(H,44,45);;/t22?,25?,26?,27?,31?,32?,33?,34?,39-,40+,41?;;/m1../s1. The van der Waals surface area contributed by atoms with Crippen LogP contribution in [0.4, 0.5) is 0 Å². The topological polar surface area (TPSA) is 226 Å². The normalized spacial score (nSPS) is 33.5. The maximum absolute atomic E-state index is 14.5. The number of carboxylic acids is 1. The molecule has 11 atom stereocenters. The van der Waals surface area contributed by atoms with Crippen LogP contribution in [0.25, 0.3) is 0 Å². The van der Waals surface area contributed by atoms with Crippen molar-refractivity contribution >= 4 is 29.6 Å². The summed E-state index contributed by atoms with van der Waals surface area (Å²) in [6.45, 7) is 7.88. The molecular formula is C41H49Ac2NO13. The zero-order valence-corrected chi connectivity index (χ0v) is 42.1. The molecule has 302 valence electrons. The van der Waals surface area contributed by atoms with Gasteiger partial charge >= 0.3 is 17.9 Å². The first-order valence-corrected chi connectivity index (χ1v) is 18.5. The summed E-state index contributed by atoms with van der Waals surface area (Å²) in [7, 11) is 0. The number of fused-ring (bicyclic) bond motifs is 5. The van der Waals surface area contributed by atoms with Crippen LogP contribution in [-0.4, -0.2) is 103 Å². The van der Waals surface area contributed by atoms with Crippen LogP contribution in [-0.2, 0) is 33.4 Å². The number of aliphatic carboxylic acids is 1. The molecule has 16 heteroatoms. The summed E-state index contributed by atoms with van der Waals surface area (Å²) in [4.78, 5) is 66.9. The summed E-state index contributed by atoms with van der Waals surface area (Å²) in [5, 5.41) is 60.3. The third kappa shape index (κ3) is 8.40. The number of nitrogens with one attached hydrogen (secondary N) is 1. The predicted molar refractivity (Wildman–Crippen MR) is 193 cm³/mol. The minimum atomic E-state index is -1.89. The van der Waals surface area contributed by atoms with Crippen LogP contribution < -0.4 is 5.32 Å². The number of carbonyl (C=O) groups is 5. The summed E-state index contributed by atoms with van der Waals surface area (Å²) >= 11 is 0. The quantitative estimate of drug-likeness (QED) is 0.149. The molecule has 1 aliphatic heterocycles. The number of benzene rings is 2. The molecule has 1 amide bonds. The van der Waals surface area contributed by atoms with Crippen LogP contribution in [0.15, 0.2) is 71.8 Å². The van der Waals surface area contributed by atoms with Crippen molar-refractivity contribution in [3.63, 3.8) is 0 Å². The van der Waals surface area contributed by atoms with E-state index in [0.29, 0.717) is 5.56 Å². The Morgan fingerprint density at radius 3 is 2.11 bits per heavy atom. The molecule has 6 N–H and O–H groups in total. The fourth-order valence-electron chi connectivity index (χ4n) is 9.79. The zero-order chi connectivity index (χ0) is 40.2. The molecular weight excluding hydrogens is 1170 g/mol. The van der Waals surface area contributed by atoms with E-state index in [1.165, 1.54) is 6.92 Å². The SMILES string of the molecule is CC1=C2C(O)C(=O)[C@]3(C)C(O)CC4OC[C@@]4(O)C3C(C)C(O)(CC1OC(=O)C(OC(=O)CCC(=O)O)C(NC(=O)c1ccccc1)c1ccccc1)C2(C)C.[Ac].[Ac]. The Labute approximate surface area is 402 Å². The van der Waals surface area contributed by atoms with E-state index in [2.05, 4.69) is 5.32 Å². The zero-order valence-electron chi connectivity index (χ0n) is 32.6. The first-order valence-electron chi connectivity index (χ1n) is 18.5. The second-order valence-corrected chi connectivity index (χ2v) is 16.2. The number of aliphatic hydroxyl groups excluding tert-OH is 2. The maximum Gasteiger partial charge on any atom is 0.350 e. The number of Topliss-reactive ketones (excluding diaryl/α,β-unsaturated/α-hetero) is 1. The number of aliphatic hydroxyl groups is 4. The van der Waals surface area contributed by atoms with Crippen molar-refractivity contribution in [3.05, 3.63) is 82.9 Å². The van der Waals surface area contributed by atoms with Gasteiger partial charge in [-0.15, -0.1) is 0 Å². The molecule has 9 unspecified atom stereocenters. The molecule has 2 aromatic carbocycles. The average Bonchev–Trinajstić information content (AvgIpc) is 3.15. The van der Waals surface area contributed by atoms with E-state index in [1.807, 2.05) is 0 Å². The average molecular weight is 1220 g/mol.